The fourth-order valence-corrected chi connectivity index (χ4v) is 2.62. The predicted octanol–water partition coefficient (Wildman–Crippen LogP) is -2.36. The van der Waals surface area contributed by atoms with Crippen LogP contribution in [-0.2, 0) is 4.74 Å². The molecule has 0 radical (unpaired) electrons. The molecular weight excluding hydrogens is 412 g/mol. The first-order valence-corrected chi connectivity index (χ1v) is 9.01. The number of nitroso groups, excluding NO2 is 2. The SMILES string of the molecule is CCCN(N=O)C(=O)NC(O)[C@H]1OC(O)[C@@](O)(NC(=O)N(CCC)N=O)[C@@H](O)[C@@H]1O. The minimum Gasteiger partial charge on any atom is -0.387 e. The Hall–Kier alpha value is -2.50. The number of nitrogens with one attached hydrogen (secondary N) is 2. The summed E-state index contributed by atoms with van der Waals surface area (Å²) in [5.41, 5.74) is -2.99. The number of amides is 4. The molecule has 1 aliphatic heterocycles. The smallest absolute Gasteiger partial charge is 0.342 e. The number of urea groups is 2. The molecule has 0 bridgehead atoms. The summed E-state index contributed by atoms with van der Waals surface area (Å²) in [6.07, 6.45) is -10.2. The van der Waals surface area contributed by atoms with Crippen LogP contribution < -0.4 is 10.6 Å². The van der Waals surface area contributed by atoms with Crippen molar-refractivity contribution in [1.82, 2.24) is 20.7 Å². The summed E-state index contributed by atoms with van der Waals surface area (Å²) in [5, 5.41) is 60.2. The van der Waals surface area contributed by atoms with Gasteiger partial charge in [-0.25, -0.2) is 9.59 Å². The number of rotatable bonds is 9. The maximum absolute atomic E-state index is 12.0. The Balaban J connectivity index is 2.91. The number of aliphatic hydroxyl groups excluding tert-OH is 4. The van der Waals surface area contributed by atoms with Gasteiger partial charge in [-0.2, -0.15) is 10.0 Å². The van der Waals surface area contributed by atoms with Crippen LogP contribution in [0.2, 0.25) is 0 Å². The van der Waals surface area contributed by atoms with E-state index in [0.29, 0.717) is 22.9 Å². The maximum Gasteiger partial charge on any atom is 0.342 e. The Morgan fingerprint density at radius 2 is 1.57 bits per heavy atom. The van der Waals surface area contributed by atoms with Crippen LogP contribution in [0.15, 0.2) is 10.6 Å². The molecule has 1 aliphatic rings. The lowest BCUT2D eigenvalue weighted by molar-refractivity contribution is -0.343. The number of nitrogens with zero attached hydrogens (tertiary/aromatic N) is 4. The second kappa shape index (κ2) is 11.0. The monoisotopic (exact) mass is 438 g/mol. The van der Waals surface area contributed by atoms with Crippen molar-refractivity contribution in [3.05, 3.63) is 9.81 Å². The first-order chi connectivity index (χ1) is 14.1. The number of hydrogen-bond acceptors (Lipinski definition) is 12. The summed E-state index contributed by atoms with van der Waals surface area (Å²) < 4.78 is 4.86. The molecule has 16 heteroatoms. The summed E-state index contributed by atoms with van der Waals surface area (Å²) in [4.78, 5) is 45.2. The number of hydrogen-bond donors (Lipinski definition) is 7. The van der Waals surface area contributed by atoms with Crippen LogP contribution in [-0.4, -0.2) is 97.3 Å². The van der Waals surface area contributed by atoms with Gasteiger partial charge in [0.05, 0.1) is 10.6 Å². The normalized spacial score (nSPS) is 29.4. The van der Waals surface area contributed by atoms with Crippen molar-refractivity contribution in [2.75, 3.05) is 13.1 Å². The molecule has 1 fully saturated rings. The molecule has 172 valence electrons. The Labute approximate surface area is 170 Å². The summed E-state index contributed by atoms with van der Waals surface area (Å²) in [6.45, 7) is 3.05. The molecule has 16 nitrogen and oxygen atoms in total. The molecule has 1 rings (SSSR count). The lowest BCUT2D eigenvalue weighted by Gasteiger charge is -2.47. The minimum absolute atomic E-state index is 0.0772. The van der Waals surface area contributed by atoms with Crippen molar-refractivity contribution in [2.45, 2.75) is 63.2 Å². The van der Waals surface area contributed by atoms with E-state index in [2.05, 4.69) is 10.6 Å². The fourth-order valence-electron chi connectivity index (χ4n) is 2.62. The quantitative estimate of drug-likeness (QED) is 0.115. The number of ether oxygens (including phenoxy) is 1. The summed E-state index contributed by atoms with van der Waals surface area (Å²) in [7, 11) is 0. The van der Waals surface area contributed by atoms with E-state index in [-0.39, 0.29) is 13.1 Å². The molecule has 0 aromatic heterocycles. The van der Waals surface area contributed by atoms with Gasteiger partial charge in [-0.05, 0) is 12.8 Å². The van der Waals surface area contributed by atoms with E-state index >= 15 is 0 Å². The minimum atomic E-state index is -2.99. The van der Waals surface area contributed by atoms with Gasteiger partial charge < -0.3 is 40.9 Å². The Morgan fingerprint density at radius 3 is 2.03 bits per heavy atom. The van der Waals surface area contributed by atoms with Crippen LogP contribution in [0.4, 0.5) is 9.59 Å². The second-order valence-electron chi connectivity index (χ2n) is 6.45. The van der Waals surface area contributed by atoms with Gasteiger partial charge in [-0.15, -0.1) is 9.81 Å². The highest BCUT2D eigenvalue weighted by Crippen LogP contribution is 2.28. The zero-order valence-corrected chi connectivity index (χ0v) is 16.3. The first-order valence-electron chi connectivity index (χ1n) is 9.01. The van der Waals surface area contributed by atoms with Gasteiger partial charge >= 0.3 is 12.1 Å². The topological polar surface area (TPSA) is 234 Å². The Bertz CT molecular complexity index is 624. The van der Waals surface area contributed by atoms with Gasteiger partial charge in [-0.3, -0.25) is 0 Å². The van der Waals surface area contributed by atoms with Crippen LogP contribution in [0.25, 0.3) is 0 Å². The number of carbonyl (C=O) groups is 2. The number of aliphatic hydroxyl groups is 5. The van der Waals surface area contributed by atoms with E-state index in [0.717, 1.165) is 0 Å². The van der Waals surface area contributed by atoms with Crippen molar-refractivity contribution in [2.24, 2.45) is 10.6 Å². The van der Waals surface area contributed by atoms with Gasteiger partial charge in [0.2, 0.25) is 12.0 Å². The molecular formula is C14H26N6O10. The van der Waals surface area contributed by atoms with Crippen molar-refractivity contribution in [3.63, 3.8) is 0 Å². The van der Waals surface area contributed by atoms with Crippen LogP contribution in [0.3, 0.4) is 0 Å². The highest BCUT2D eigenvalue weighted by Gasteiger charge is 2.57. The standard InChI is InChI=1S/C14H26N6O10/c1-3-5-19(17-28)12(25)15-10(23)8-7(21)9(22)14(27,11(24)30-8)16-13(26)20(18-29)6-4-2/h7-11,21-24,27H,3-6H2,1-2H3,(H,15,25)(H,16,26)/t7-,8+,9+,10?,11?,14-/m1/s1. The van der Waals surface area contributed by atoms with E-state index < -0.39 is 48.6 Å². The molecule has 30 heavy (non-hydrogen) atoms. The fraction of sp³-hybridized carbons (Fsp3) is 0.857. The average Bonchev–Trinajstić information content (AvgIpc) is 2.71. The van der Waals surface area contributed by atoms with E-state index in [1.807, 2.05) is 5.32 Å². The zero-order valence-electron chi connectivity index (χ0n) is 16.3. The van der Waals surface area contributed by atoms with Crippen LogP contribution in [0, 0.1) is 9.81 Å². The molecule has 1 saturated heterocycles. The Kier molecular flexibility index (Phi) is 9.40. The highest BCUT2D eigenvalue weighted by atomic mass is 16.6. The molecule has 7 N–H and O–H groups in total. The van der Waals surface area contributed by atoms with Crippen LogP contribution >= 0.6 is 0 Å². The number of carbonyl (C=O) groups excluding carboxylic acids is 2. The summed E-state index contributed by atoms with van der Waals surface area (Å²) >= 11 is 0. The zero-order chi connectivity index (χ0) is 23.1. The van der Waals surface area contributed by atoms with Crippen LogP contribution in [0.1, 0.15) is 26.7 Å². The summed E-state index contributed by atoms with van der Waals surface area (Å²) in [6, 6.07) is -2.46. The third-order valence-electron chi connectivity index (χ3n) is 4.20. The molecule has 0 aliphatic carbocycles. The third kappa shape index (κ3) is 5.55. The van der Waals surface area contributed by atoms with Gasteiger partial charge in [-0.1, -0.05) is 13.8 Å². The van der Waals surface area contributed by atoms with Gasteiger partial charge in [0.1, 0.15) is 18.3 Å². The van der Waals surface area contributed by atoms with Crippen molar-refractivity contribution in [1.29, 1.82) is 0 Å². The average molecular weight is 438 g/mol. The first kappa shape index (κ1) is 25.5. The Morgan fingerprint density at radius 1 is 1.07 bits per heavy atom. The van der Waals surface area contributed by atoms with Crippen molar-refractivity contribution in [3.8, 4) is 0 Å². The van der Waals surface area contributed by atoms with Gasteiger partial charge in [0.15, 0.2) is 6.23 Å². The van der Waals surface area contributed by atoms with Crippen molar-refractivity contribution < 1.29 is 39.9 Å². The highest BCUT2D eigenvalue weighted by molar-refractivity contribution is 5.75. The predicted molar refractivity (Wildman–Crippen MR) is 96.5 cm³/mol. The van der Waals surface area contributed by atoms with Crippen molar-refractivity contribution >= 4 is 12.1 Å². The molecule has 0 aromatic rings. The van der Waals surface area contributed by atoms with E-state index in [4.69, 9.17) is 4.74 Å². The molecule has 0 aromatic carbocycles. The van der Waals surface area contributed by atoms with Gasteiger partial charge in [0, 0.05) is 13.1 Å². The molecule has 2 unspecified atom stereocenters. The lowest BCUT2D eigenvalue weighted by atomic mass is 9.92. The molecule has 0 spiro atoms. The third-order valence-corrected chi connectivity index (χ3v) is 4.20. The maximum atomic E-state index is 12.0. The molecule has 6 atom stereocenters. The van der Waals surface area contributed by atoms with Gasteiger partial charge in [0.25, 0.3) is 0 Å². The van der Waals surface area contributed by atoms with E-state index in [9.17, 15) is 44.9 Å². The summed E-state index contributed by atoms with van der Waals surface area (Å²) in [5.74, 6) is 0. The molecule has 4 amide bonds. The lowest BCUT2D eigenvalue weighted by Crippen LogP contribution is -2.75. The molecule has 0 saturated carbocycles. The molecule has 1 heterocycles. The second-order valence-corrected chi connectivity index (χ2v) is 6.45. The largest absolute Gasteiger partial charge is 0.387 e. The van der Waals surface area contributed by atoms with E-state index in [1.165, 1.54) is 0 Å². The van der Waals surface area contributed by atoms with E-state index in [1.54, 1.807) is 19.2 Å². The van der Waals surface area contributed by atoms with Crippen LogP contribution in [0.5, 0.6) is 0 Å².